The third-order valence-corrected chi connectivity index (χ3v) is 6.30. The SMILES string of the molecule is O=C(NC1CCC(c2ccccc2)CC1)C1NNC2CCCCC21. The fourth-order valence-electron chi connectivity index (χ4n) is 4.89. The Bertz CT molecular complexity index is 553. The standard InChI is InChI=1S/C20H29N3O/c24-20(19-17-8-4-5-9-18(17)22-23-19)21-16-12-10-15(11-13-16)14-6-2-1-3-7-14/h1-3,6-7,15-19,22-23H,4-5,8-13H2,(H,21,24). The molecular formula is C20H29N3O. The summed E-state index contributed by atoms with van der Waals surface area (Å²) in [6.45, 7) is 0. The molecule has 3 atom stereocenters. The largest absolute Gasteiger partial charge is 0.352 e. The molecule has 0 bridgehead atoms. The van der Waals surface area contributed by atoms with Gasteiger partial charge in [0.05, 0.1) is 0 Å². The minimum Gasteiger partial charge on any atom is -0.352 e. The van der Waals surface area contributed by atoms with E-state index in [-0.39, 0.29) is 11.9 Å². The zero-order valence-corrected chi connectivity index (χ0v) is 14.3. The Labute approximate surface area is 144 Å². The molecule has 4 nitrogen and oxygen atoms in total. The first kappa shape index (κ1) is 16.1. The van der Waals surface area contributed by atoms with E-state index in [1.54, 1.807) is 0 Å². The van der Waals surface area contributed by atoms with Gasteiger partial charge in [-0.1, -0.05) is 43.2 Å². The summed E-state index contributed by atoms with van der Waals surface area (Å²) in [6, 6.07) is 11.6. The van der Waals surface area contributed by atoms with Crippen molar-refractivity contribution in [1.82, 2.24) is 16.2 Å². The van der Waals surface area contributed by atoms with Crippen molar-refractivity contribution in [3.05, 3.63) is 35.9 Å². The van der Waals surface area contributed by atoms with Crippen molar-refractivity contribution in [1.29, 1.82) is 0 Å². The van der Waals surface area contributed by atoms with Crippen LogP contribution in [0.25, 0.3) is 0 Å². The minimum absolute atomic E-state index is 0.0397. The Kier molecular flexibility index (Phi) is 4.86. The lowest BCUT2D eigenvalue weighted by Gasteiger charge is -2.31. The fraction of sp³-hybridized carbons (Fsp3) is 0.650. The van der Waals surface area contributed by atoms with Crippen LogP contribution in [0.3, 0.4) is 0 Å². The molecule has 1 aliphatic heterocycles. The molecule has 0 aromatic heterocycles. The maximum atomic E-state index is 12.7. The third kappa shape index (κ3) is 3.35. The summed E-state index contributed by atoms with van der Waals surface area (Å²) in [5.41, 5.74) is 8.06. The first-order chi connectivity index (χ1) is 11.8. The zero-order chi connectivity index (χ0) is 16.4. The van der Waals surface area contributed by atoms with Gasteiger partial charge < -0.3 is 5.32 Å². The number of amides is 1. The molecule has 0 spiro atoms. The molecule has 3 fully saturated rings. The fourth-order valence-corrected chi connectivity index (χ4v) is 4.89. The highest BCUT2D eigenvalue weighted by Gasteiger charge is 2.41. The van der Waals surface area contributed by atoms with Gasteiger partial charge in [-0.05, 0) is 50.0 Å². The van der Waals surface area contributed by atoms with E-state index >= 15 is 0 Å². The molecule has 1 aromatic carbocycles. The first-order valence-corrected chi connectivity index (χ1v) is 9.67. The molecule has 3 unspecified atom stereocenters. The molecular weight excluding hydrogens is 298 g/mol. The number of rotatable bonds is 3. The van der Waals surface area contributed by atoms with E-state index in [1.807, 2.05) is 0 Å². The average Bonchev–Trinajstić information content (AvgIpc) is 3.07. The van der Waals surface area contributed by atoms with Crippen LogP contribution in [0, 0.1) is 5.92 Å². The van der Waals surface area contributed by atoms with E-state index in [4.69, 9.17) is 0 Å². The molecule has 4 rings (SSSR count). The van der Waals surface area contributed by atoms with E-state index < -0.39 is 0 Å². The van der Waals surface area contributed by atoms with Gasteiger partial charge in [0.1, 0.15) is 6.04 Å². The lowest BCUT2D eigenvalue weighted by molar-refractivity contribution is -0.124. The smallest absolute Gasteiger partial charge is 0.239 e. The van der Waals surface area contributed by atoms with E-state index in [1.165, 1.54) is 44.1 Å². The van der Waals surface area contributed by atoms with Gasteiger partial charge in [0.15, 0.2) is 0 Å². The zero-order valence-electron chi connectivity index (χ0n) is 14.3. The Hall–Kier alpha value is -1.39. The highest BCUT2D eigenvalue weighted by molar-refractivity contribution is 5.82. The first-order valence-electron chi connectivity index (χ1n) is 9.67. The summed E-state index contributed by atoms with van der Waals surface area (Å²) in [5.74, 6) is 1.34. The molecule has 130 valence electrons. The predicted octanol–water partition coefficient (Wildman–Crippen LogP) is 2.86. The number of hydrazine groups is 1. The maximum Gasteiger partial charge on any atom is 0.239 e. The van der Waals surface area contributed by atoms with Crippen LogP contribution in [0.15, 0.2) is 30.3 Å². The van der Waals surface area contributed by atoms with Crippen LogP contribution in [-0.4, -0.2) is 24.0 Å². The molecule has 3 aliphatic rings. The summed E-state index contributed by atoms with van der Waals surface area (Å²) in [5, 5.41) is 3.32. The quantitative estimate of drug-likeness (QED) is 0.800. The monoisotopic (exact) mass is 327 g/mol. The van der Waals surface area contributed by atoms with Crippen LogP contribution in [0.1, 0.15) is 62.8 Å². The molecule has 4 heteroatoms. The van der Waals surface area contributed by atoms with E-state index in [2.05, 4.69) is 46.5 Å². The van der Waals surface area contributed by atoms with Crippen molar-refractivity contribution in [2.75, 3.05) is 0 Å². The van der Waals surface area contributed by atoms with E-state index in [0.29, 0.717) is 23.9 Å². The predicted molar refractivity (Wildman–Crippen MR) is 95.4 cm³/mol. The number of hydrogen-bond acceptors (Lipinski definition) is 3. The average molecular weight is 327 g/mol. The van der Waals surface area contributed by atoms with Crippen LogP contribution in [0.5, 0.6) is 0 Å². The summed E-state index contributed by atoms with van der Waals surface area (Å²) < 4.78 is 0. The molecule has 3 N–H and O–H groups in total. The van der Waals surface area contributed by atoms with Crippen LogP contribution < -0.4 is 16.2 Å². The van der Waals surface area contributed by atoms with Gasteiger partial charge in [0.25, 0.3) is 0 Å². The molecule has 0 radical (unpaired) electrons. The summed E-state index contributed by atoms with van der Waals surface area (Å²) >= 11 is 0. The minimum atomic E-state index is -0.0397. The maximum absolute atomic E-state index is 12.7. The molecule has 1 amide bonds. The van der Waals surface area contributed by atoms with Crippen molar-refractivity contribution in [2.24, 2.45) is 5.92 Å². The van der Waals surface area contributed by atoms with Crippen LogP contribution >= 0.6 is 0 Å². The normalized spacial score (nSPS) is 36.1. The highest BCUT2D eigenvalue weighted by atomic mass is 16.2. The van der Waals surface area contributed by atoms with Crippen molar-refractivity contribution < 1.29 is 4.79 Å². The van der Waals surface area contributed by atoms with Gasteiger partial charge in [-0.25, -0.2) is 5.43 Å². The second-order valence-electron chi connectivity index (χ2n) is 7.79. The van der Waals surface area contributed by atoms with Crippen molar-refractivity contribution in [2.45, 2.75) is 75.4 Å². The Balaban J connectivity index is 1.28. The number of carbonyl (C=O) groups is 1. The van der Waals surface area contributed by atoms with Gasteiger partial charge in [-0.3, -0.25) is 10.2 Å². The van der Waals surface area contributed by atoms with Crippen molar-refractivity contribution in [3.8, 4) is 0 Å². The Morgan fingerprint density at radius 2 is 1.67 bits per heavy atom. The van der Waals surface area contributed by atoms with Gasteiger partial charge >= 0.3 is 0 Å². The second kappa shape index (κ2) is 7.24. The number of carbonyl (C=O) groups excluding carboxylic acids is 1. The number of hydrogen-bond donors (Lipinski definition) is 3. The lowest BCUT2D eigenvalue weighted by Crippen LogP contribution is -2.49. The topological polar surface area (TPSA) is 53.2 Å². The number of nitrogens with one attached hydrogen (secondary N) is 3. The lowest BCUT2D eigenvalue weighted by atomic mass is 9.80. The summed E-state index contributed by atoms with van der Waals surface area (Å²) in [7, 11) is 0. The van der Waals surface area contributed by atoms with E-state index in [9.17, 15) is 4.79 Å². The number of fused-ring (bicyclic) bond motifs is 1. The Morgan fingerprint density at radius 3 is 2.46 bits per heavy atom. The van der Waals surface area contributed by atoms with Crippen LogP contribution in [0.4, 0.5) is 0 Å². The molecule has 2 saturated carbocycles. The van der Waals surface area contributed by atoms with Crippen LogP contribution in [-0.2, 0) is 4.79 Å². The second-order valence-corrected chi connectivity index (χ2v) is 7.79. The van der Waals surface area contributed by atoms with Gasteiger partial charge in [0.2, 0.25) is 5.91 Å². The molecule has 2 aliphatic carbocycles. The van der Waals surface area contributed by atoms with E-state index in [0.717, 1.165) is 12.8 Å². The van der Waals surface area contributed by atoms with Gasteiger partial charge in [-0.15, -0.1) is 0 Å². The Morgan fingerprint density at radius 1 is 0.917 bits per heavy atom. The molecule has 24 heavy (non-hydrogen) atoms. The summed E-state index contributed by atoms with van der Waals surface area (Å²) in [6.07, 6.45) is 9.46. The molecule has 1 heterocycles. The van der Waals surface area contributed by atoms with Crippen LogP contribution in [0.2, 0.25) is 0 Å². The van der Waals surface area contributed by atoms with Crippen molar-refractivity contribution >= 4 is 5.91 Å². The molecule has 1 aromatic rings. The number of benzene rings is 1. The van der Waals surface area contributed by atoms with Gasteiger partial charge in [0, 0.05) is 18.0 Å². The molecule has 1 saturated heterocycles. The summed E-state index contributed by atoms with van der Waals surface area (Å²) in [4.78, 5) is 12.7. The van der Waals surface area contributed by atoms with Gasteiger partial charge in [-0.2, -0.15) is 0 Å². The third-order valence-electron chi connectivity index (χ3n) is 6.30. The highest BCUT2D eigenvalue weighted by Crippen LogP contribution is 2.33. The van der Waals surface area contributed by atoms with Crippen molar-refractivity contribution in [3.63, 3.8) is 0 Å².